The average molecular weight is 318 g/mol. The van der Waals surface area contributed by atoms with Crippen molar-refractivity contribution in [1.29, 1.82) is 0 Å². The Balaban J connectivity index is 2.09. The Labute approximate surface area is 130 Å². The minimum absolute atomic E-state index is 0.137. The molecule has 0 atom stereocenters. The third-order valence-corrected chi connectivity index (χ3v) is 4.25. The molecule has 0 heterocycles. The molecule has 0 fully saturated rings. The van der Waals surface area contributed by atoms with Gasteiger partial charge >= 0.3 is 0 Å². The molecule has 0 saturated carbocycles. The van der Waals surface area contributed by atoms with Gasteiger partial charge in [0.2, 0.25) is 0 Å². The van der Waals surface area contributed by atoms with E-state index in [2.05, 4.69) is 9.93 Å². The number of sulfonamides is 1. The van der Waals surface area contributed by atoms with Gasteiger partial charge in [-0.2, -0.15) is 13.5 Å². The first-order valence-electron chi connectivity index (χ1n) is 6.86. The van der Waals surface area contributed by atoms with Crippen LogP contribution in [0, 0.1) is 6.92 Å². The van der Waals surface area contributed by atoms with Crippen LogP contribution in [-0.2, 0) is 10.0 Å². The third kappa shape index (κ3) is 4.08. The second-order valence-electron chi connectivity index (χ2n) is 4.61. The van der Waals surface area contributed by atoms with Crippen molar-refractivity contribution in [2.75, 3.05) is 6.61 Å². The fourth-order valence-corrected chi connectivity index (χ4v) is 2.62. The van der Waals surface area contributed by atoms with Crippen molar-refractivity contribution in [3.8, 4) is 5.75 Å². The molecule has 6 heteroatoms. The van der Waals surface area contributed by atoms with E-state index < -0.39 is 10.0 Å². The first-order chi connectivity index (χ1) is 10.5. The van der Waals surface area contributed by atoms with Crippen molar-refractivity contribution in [2.24, 2.45) is 5.10 Å². The van der Waals surface area contributed by atoms with E-state index in [0.29, 0.717) is 12.4 Å². The summed E-state index contributed by atoms with van der Waals surface area (Å²) in [6.07, 6.45) is 1.49. The van der Waals surface area contributed by atoms with E-state index in [1.807, 2.05) is 38.1 Å². The summed E-state index contributed by atoms with van der Waals surface area (Å²) in [7, 11) is -3.68. The van der Waals surface area contributed by atoms with Gasteiger partial charge in [-0.05, 0) is 49.2 Å². The Morgan fingerprint density at radius 1 is 1.14 bits per heavy atom. The minimum atomic E-state index is -3.68. The van der Waals surface area contributed by atoms with Gasteiger partial charge in [0, 0.05) is 0 Å². The molecule has 0 aliphatic heterocycles. The van der Waals surface area contributed by atoms with Crippen LogP contribution in [0.4, 0.5) is 0 Å². The lowest BCUT2D eigenvalue weighted by Gasteiger charge is -2.06. The van der Waals surface area contributed by atoms with Crippen LogP contribution in [-0.4, -0.2) is 21.2 Å². The first-order valence-corrected chi connectivity index (χ1v) is 8.34. The average Bonchev–Trinajstić information content (AvgIpc) is 2.50. The van der Waals surface area contributed by atoms with Gasteiger partial charge in [-0.1, -0.05) is 24.3 Å². The van der Waals surface area contributed by atoms with Crippen LogP contribution in [0.15, 0.2) is 58.5 Å². The summed E-state index contributed by atoms with van der Waals surface area (Å²) < 4.78 is 29.5. The SMILES string of the molecule is CCOc1ccc(S(=O)(=O)N/N=C/c2ccccc2C)cc1. The van der Waals surface area contributed by atoms with Crippen LogP contribution in [0.1, 0.15) is 18.1 Å². The number of nitrogens with one attached hydrogen (secondary N) is 1. The lowest BCUT2D eigenvalue weighted by molar-refractivity contribution is 0.340. The van der Waals surface area contributed by atoms with Crippen molar-refractivity contribution in [2.45, 2.75) is 18.7 Å². The van der Waals surface area contributed by atoms with Gasteiger partial charge in [0.15, 0.2) is 0 Å². The van der Waals surface area contributed by atoms with Crippen LogP contribution in [0.3, 0.4) is 0 Å². The third-order valence-electron chi connectivity index (χ3n) is 3.01. The molecule has 2 rings (SSSR count). The highest BCUT2D eigenvalue weighted by molar-refractivity contribution is 7.89. The quantitative estimate of drug-likeness (QED) is 0.658. The van der Waals surface area contributed by atoms with Crippen molar-refractivity contribution >= 4 is 16.2 Å². The van der Waals surface area contributed by atoms with Gasteiger partial charge in [-0.25, -0.2) is 4.83 Å². The Kier molecular flexibility index (Phi) is 5.16. The molecule has 0 aliphatic carbocycles. The summed E-state index contributed by atoms with van der Waals surface area (Å²) in [4.78, 5) is 2.34. The highest BCUT2D eigenvalue weighted by Crippen LogP contribution is 2.15. The molecule has 116 valence electrons. The molecular weight excluding hydrogens is 300 g/mol. The fourth-order valence-electron chi connectivity index (χ4n) is 1.83. The zero-order chi connectivity index (χ0) is 16.0. The number of nitrogens with zero attached hydrogens (tertiary/aromatic N) is 1. The number of aryl methyl sites for hydroxylation is 1. The molecular formula is C16H18N2O3S. The van der Waals surface area contributed by atoms with Crippen LogP contribution >= 0.6 is 0 Å². The van der Waals surface area contributed by atoms with E-state index in [1.54, 1.807) is 12.1 Å². The maximum absolute atomic E-state index is 12.1. The highest BCUT2D eigenvalue weighted by atomic mass is 32.2. The molecule has 0 amide bonds. The monoisotopic (exact) mass is 318 g/mol. The second-order valence-corrected chi connectivity index (χ2v) is 6.27. The number of hydrogen-bond acceptors (Lipinski definition) is 4. The van der Waals surface area contributed by atoms with E-state index in [4.69, 9.17) is 4.74 Å². The van der Waals surface area contributed by atoms with Crippen molar-refractivity contribution in [3.05, 3.63) is 59.7 Å². The molecule has 0 radical (unpaired) electrons. The van der Waals surface area contributed by atoms with E-state index in [1.165, 1.54) is 18.3 Å². The minimum Gasteiger partial charge on any atom is -0.494 e. The summed E-state index contributed by atoms with van der Waals surface area (Å²) in [5.74, 6) is 0.630. The number of hydrazone groups is 1. The molecule has 2 aromatic rings. The Hall–Kier alpha value is -2.34. The van der Waals surface area contributed by atoms with Crippen molar-refractivity contribution in [1.82, 2.24) is 4.83 Å². The summed E-state index contributed by atoms with van der Waals surface area (Å²) >= 11 is 0. The van der Waals surface area contributed by atoms with E-state index in [9.17, 15) is 8.42 Å². The summed E-state index contributed by atoms with van der Waals surface area (Å²) in [5, 5.41) is 3.82. The summed E-state index contributed by atoms with van der Waals surface area (Å²) in [6.45, 7) is 4.33. The molecule has 22 heavy (non-hydrogen) atoms. The lowest BCUT2D eigenvalue weighted by atomic mass is 10.1. The van der Waals surface area contributed by atoms with E-state index in [-0.39, 0.29) is 4.90 Å². The van der Waals surface area contributed by atoms with Gasteiger partial charge < -0.3 is 4.74 Å². The van der Waals surface area contributed by atoms with Gasteiger partial charge in [0.1, 0.15) is 5.75 Å². The number of ether oxygens (including phenoxy) is 1. The first kappa shape index (κ1) is 16.0. The zero-order valence-corrected chi connectivity index (χ0v) is 13.3. The van der Waals surface area contributed by atoms with Crippen molar-refractivity contribution in [3.63, 3.8) is 0 Å². The van der Waals surface area contributed by atoms with Crippen LogP contribution in [0.25, 0.3) is 0 Å². The highest BCUT2D eigenvalue weighted by Gasteiger charge is 2.12. The van der Waals surface area contributed by atoms with Crippen LogP contribution < -0.4 is 9.57 Å². The molecule has 2 aromatic carbocycles. The predicted molar refractivity (Wildman–Crippen MR) is 86.7 cm³/mol. The Morgan fingerprint density at radius 3 is 2.45 bits per heavy atom. The van der Waals surface area contributed by atoms with E-state index >= 15 is 0 Å². The van der Waals surface area contributed by atoms with Crippen LogP contribution in [0.2, 0.25) is 0 Å². The molecule has 5 nitrogen and oxygen atoms in total. The Bertz CT molecular complexity index is 753. The largest absolute Gasteiger partial charge is 0.494 e. The number of hydrogen-bond donors (Lipinski definition) is 1. The summed E-state index contributed by atoms with van der Waals surface area (Å²) in [6, 6.07) is 13.8. The van der Waals surface area contributed by atoms with Crippen molar-refractivity contribution < 1.29 is 13.2 Å². The van der Waals surface area contributed by atoms with E-state index in [0.717, 1.165) is 11.1 Å². The smallest absolute Gasteiger partial charge is 0.276 e. The van der Waals surface area contributed by atoms with Crippen LogP contribution in [0.5, 0.6) is 5.75 Å². The molecule has 0 unspecified atom stereocenters. The predicted octanol–water partition coefficient (Wildman–Crippen LogP) is 2.71. The molecule has 0 saturated heterocycles. The second kappa shape index (κ2) is 7.09. The molecule has 0 aliphatic rings. The topological polar surface area (TPSA) is 67.8 Å². The normalized spacial score (nSPS) is 11.5. The fraction of sp³-hybridized carbons (Fsp3) is 0.188. The number of rotatable bonds is 6. The van der Waals surface area contributed by atoms with Gasteiger partial charge in [-0.3, -0.25) is 0 Å². The zero-order valence-electron chi connectivity index (χ0n) is 12.5. The molecule has 1 N–H and O–H groups in total. The Morgan fingerprint density at radius 2 is 1.82 bits per heavy atom. The molecule has 0 bridgehead atoms. The summed E-state index contributed by atoms with van der Waals surface area (Å²) in [5.41, 5.74) is 1.88. The number of benzene rings is 2. The van der Waals surface area contributed by atoms with Gasteiger partial charge in [-0.15, -0.1) is 0 Å². The standard InChI is InChI=1S/C16H18N2O3S/c1-3-21-15-8-10-16(11-9-15)22(19,20)18-17-12-14-7-5-4-6-13(14)2/h4-12,18H,3H2,1-2H3/b17-12+. The van der Waals surface area contributed by atoms with Gasteiger partial charge in [0.25, 0.3) is 10.0 Å². The molecule has 0 spiro atoms. The molecule has 0 aromatic heterocycles. The lowest BCUT2D eigenvalue weighted by Crippen LogP contribution is -2.18. The maximum Gasteiger partial charge on any atom is 0.276 e. The maximum atomic E-state index is 12.1. The van der Waals surface area contributed by atoms with Gasteiger partial charge in [0.05, 0.1) is 17.7 Å².